The van der Waals surface area contributed by atoms with Crippen LogP contribution in [0, 0.1) is 13.8 Å². The predicted octanol–water partition coefficient (Wildman–Crippen LogP) is 4.45. The summed E-state index contributed by atoms with van der Waals surface area (Å²) in [5, 5.41) is 18.0. The lowest BCUT2D eigenvalue weighted by atomic mass is 10.0. The van der Waals surface area contributed by atoms with Crippen LogP contribution < -0.4 is 10.6 Å². The van der Waals surface area contributed by atoms with Gasteiger partial charge in [-0.1, -0.05) is 23.8 Å². The second-order valence-corrected chi connectivity index (χ2v) is 10.0. The molecule has 1 aliphatic carbocycles. The van der Waals surface area contributed by atoms with E-state index in [0.717, 1.165) is 47.1 Å². The van der Waals surface area contributed by atoms with Gasteiger partial charge in [0.25, 0.3) is 11.8 Å². The molecule has 2 aliphatic rings. The SMILES string of the molecule is Cc1cc(NC(=O)c2nc3n(n2)C(=O)C2=C(CCC2)C3)c(C)cc1NC(=O)CCc1nnc(-c2ccccc2)o1. The van der Waals surface area contributed by atoms with Crippen molar-refractivity contribution in [3.63, 3.8) is 0 Å². The summed E-state index contributed by atoms with van der Waals surface area (Å²) >= 11 is 0. The molecule has 0 bridgehead atoms. The Bertz CT molecular complexity index is 1680. The highest BCUT2D eigenvalue weighted by molar-refractivity contribution is 6.03. The molecule has 0 atom stereocenters. The van der Waals surface area contributed by atoms with Gasteiger partial charge in [0, 0.05) is 41.8 Å². The van der Waals surface area contributed by atoms with E-state index in [1.54, 1.807) is 12.1 Å². The second kappa shape index (κ2) is 10.3. The molecule has 6 rings (SSSR count). The summed E-state index contributed by atoms with van der Waals surface area (Å²) in [5.41, 5.74) is 5.46. The van der Waals surface area contributed by atoms with Crippen LogP contribution in [-0.2, 0) is 17.6 Å². The molecule has 0 unspecified atom stereocenters. The summed E-state index contributed by atoms with van der Waals surface area (Å²) in [6.07, 6.45) is 3.64. The molecular weight excluding hydrogens is 510 g/mol. The van der Waals surface area contributed by atoms with Crippen molar-refractivity contribution < 1.29 is 18.8 Å². The summed E-state index contributed by atoms with van der Waals surface area (Å²) in [6.45, 7) is 3.67. The molecule has 0 spiro atoms. The fourth-order valence-corrected chi connectivity index (χ4v) is 5.04. The minimum Gasteiger partial charge on any atom is -0.421 e. The molecule has 11 heteroatoms. The van der Waals surface area contributed by atoms with E-state index in [4.69, 9.17) is 4.42 Å². The van der Waals surface area contributed by atoms with Crippen LogP contribution >= 0.6 is 0 Å². The van der Waals surface area contributed by atoms with E-state index >= 15 is 0 Å². The number of hydrogen-bond acceptors (Lipinski definition) is 8. The highest BCUT2D eigenvalue weighted by atomic mass is 16.4. The number of amides is 2. The monoisotopic (exact) mass is 537 g/mol. The molecule has 40 heavy (non-hydrogen) atoms. The minimum atomic E-state index is -0.497. The number of nitrogens with zero attached hydrogens (tertiary/aromatic N) is 5. The van der Waals surface area contributed by atoms with Crippen molar-refractivity contribution in [2.24, 2.45) is 0 Å². The van der Waals surface area contributed by atoms with Crippen LogP contribution in [-0.4, -0.2) is 42.7 Å². The van der Waals surface area contributed by atoms with Gasteiger partial charge in [-0.2, -0.15) is 4.68 Å². The zero-order chi connectivity index (χ0) is 27.8. The number of benzene rings is 2. The summed E-state index contributed by atoms with van der Waals surface area (Å²) in [5.74, 6) is 0.381. The van der Waals surface area contributed by atoms with Gasteiger partial charge in [-0.3, -0.25) is 14.4 Å². The van der Waals surface area contributed by atoms with Gasteiger partial charge in [-0.05, 0) is 68.5 Å². The maximum Gasteiger partial charge on any atom is 0.295 e. The number of aromatic nitrogens is 5. The highest BCUT2D eigenvalue weighted by Gasteiger charge is 2.32. The molecule has 2 N–H and O–H groups in total. The molecule has 2 amide bonds. The van der Waals surface area contributed by atoms with E-state index < -0.39 is 5.91 Å². The first-order valence-electron chi connectivity index (χ1n) is 13.2. The van der Waals surface area contributed by atoms with Crippen LogP contribution in [0.25, 0.3) is 11.5 Å². The lowest BCUT2D eigenvalue weighted by Gasteiger charge is -2.13. The third-order valence-corrected chi connectivity index (χ3v) is 7.18. The van der Waals surface area contributed by atoms with Crippen LogP contribution in [0.4, 0.5) is 11.4 Å². The maximum atomic E-state index is 13.0. The quantitative estimate of drug-likeness (QED) is 0.352. The van der Waals surface area contributed by atoms with Gasteiger partial charge < -0.3 is 15.1 Å². The Morgan fingerprint density at radius 2 is 1.75 bits per heavy atom. The zero-order valence-electron chi connectivity index (χ0n) is 22.2. The van der Waals surface area contributed by atoms with Crippen molar-refractivity contribution >= 4 is 29.1 Å². The van der Waals surface area contributed by atoms with E-state index in [0.29, 0.717) is 41.8 Å². The summed E-state index contributed by atoms with van der Waals surface area (Å²) in [6, 6.07) is 13.0. The van der Waals surface area contributed by atoms with Crippen molar-refractivity contribution in [1.29, 1.82) is 0 Å². The number of allylic oxidation sites excluding steroid dienone is 2. The van der Waals surface area contributed by atoms with Gasteiger partial charge in [0.05, 0.1) is 0 Å². The lowest BCUT2D eigenvalue weighted by Crippen LogP contribution is -2.23. The zero-order valence-corrected chi connectivity index (χ0v) is 22.2. The Morgan fingerprint density at radius 1 is 1.00 bits per heavy atom. The Hall–Kier alpha value is -4.93. The van der Waals surface area contributed by atoms with Crippen molar-refractivity contribution in [1.82, 2.24) is 25.0 Å². The Labute approximate surface area is 229 Å². The van der Waals surface area contributed by atoms with Gasteiger partial charge in [0.2, 0.25) is 23.5 Å². The number of rotatable bonds is 7. The minimum absolute atomic E-state index is 0.0459. The number of anilines is 2. The molecule has 0 saturated heterocycles. The van der Waals surface area contributed by atoms with E-state index in [-0.39, 0.29) is 24.1 Å². The third kappa shape index (κ3) is 4.93. The average Bonchev–Trinajstić information content (AvgIpc) is 3.71. The standard InChI is InChI=1S/C29H27N7O4/c1-16-14-22(31-27(38)26-32-23-15-19-9-6-10-20(19)29(39)36(23)35-26)17(2)13-21(16)30-24(37)11-12-25-33-34-28(40-25)18-7-4-3-5-8-18/h3-5,7-8,13-14H,6,9-12,15H2,1-2H3,(H,30,37)(H,31,38). The molecule has 2 aromatic carbocycles. The van der Waals surface area contributed by atoms with Gasteiger partial charge in [0.1, 0.15) is 5.82 Å². The Morgan fingerprint density at radius 3 is 2.52 bits per heavy atom. The van der Waals surface area contributed by atoms with Crippen molar-refractivity contribution in [2.75, 3.05) is 10.6 Å². The molecule has 2 aromatic heterocycles. The fourth-order valence-electron chi connectivity index (χ4n) is 5.04. The van der Waals surface area contributed by atoms with Crippen molar-refractivity contribution in [2.45, 2.75) is 52.4 Å². The molecule has 1 aliphatic heterocycles. The summed E-state index contributed by atoms with van der Waals surface area (Å²) in [7, 11) is 0. The molecule has 0 radical (unpaired) electrons. The number of hydrogen-bond donors (Lipinski definition) is 2. The number of fused-ring (bicyclic) bond motifs is 1. The first-order valence-corrected chi connectivity index (χ1v) is 13.2. The van der Waals surface area contributed by atoms with E-state index in [1.807, 2.05) is 44.2 Å². The summed E-state index contributed by atoms with van der Waals surface area (Å²) in [4.78, 5) is 42.7. The van der Waals surface area contributed by atoms with Crippen LogP contribution in [0.15, 0.2) is 58.0 Å². The number of carbonyl (C=O) groups excluding carboxylic acids is 3. The average molecular weight is 538 g/mol. The van der Waals surface area contributed by atoms with Gasteiger partial charge in [-0.15, -0.1) is 15.3 Å². The van der Waals surface area contributed by atoms with Crippen LogP contribution in [0.5, 0.6) is 0 Å². The van der Waals surface area contributed by atoms with E-state index in [9.17, 15) is 14.4 Å². The number of nitrogens with one attached hydrogen (secondary N) is 2. The van der Waals surface area contributed by atoms with E-state index in [2.05, 4.69) is 30.9 Å². The second-order valence-electron chi connectivity index (χ2n) is 10.0. The Balaban J connectivity index is 1.07. The molecule has 4 aromatic rings. The van der Waals surface area contributed by atoms with Crippen LogP contribution in [0.3, 0.4) is 0 Å². The first kappa shape index (κ1) is 25.4. The van der Waals surface area contributed by atoms with Crippen LogP contribution in [0.2, 0.25) is 0 Å². The molecule has 202 valence electrons. The van der Waals surface area contributed by atoms with Gasteiger partial charge in [-0.25, -0.2) is 4.98 Å². The fraction of sp³-hybridized carbons (Fsp3) is 0.276. The molecule has 0 fully saturated rings. The normalized spacial score (nSPS) is 14.2. The van der Waals surface area contributed by atoms with Gasteiger partial charge >= 0.3 is 0 Å². The Kier molecular flexibility index (Phi) is 6.54. The molecule has 11 nitrogen and oxygen atoms in total. The van der Waals surface area contributed by atoms with E-state index in [1.165, 1.54) is 4.68 Å². The number of aryl methyl sites for hydroxylation is 3. The van der Waals surface area contributed by atoms with Crippen molar-refractivity contribution in [3.8, 4) is 11.5 Å². The smallest absolute Gasteiger partial charge is 0.295 e. The molecular formula is C29H27N7O4. The summed E-state index contributed by atoms with van der Waals surface area (Å²) < 4.78 is 6.94. The lowest BCUT2D eigenvalue weighted by molar-refractivity contribution is -0.116. The van der Waals surface area contributed by atoms with Gasteiger partial charge in [0.15, 0.2) is 0 Å². The maximum absolute atomic E-state index is 13.0. The highest BCUT2D eigenvalue weighted by Crippen LogP contribution is 2.33. The van der Waals surface area contributed by atoms with Crippen molar-refractivity contribution in [3.05, 3.63) is 82.3 Å². The van der Waals surface area contributed by atoms with Crippen LogP contribution in [0.1, 0.15) is 63.9 Å². The third-order valence-electron chi connectivity index (χ3n) is 7.18. The predicted molar refractivity (Wildman–Crippen MR) is 146 cm³/mol. The molecule has 0 saturated carbocycles. The topological polar surface area (TPSA) is 145 Å². The largest absolute Gasteiger partial charge is 0.421 e. The number of carbonyl (C=O) groups is 3. The first-order chi connectivity index (χ1) is 19.4. The molecule has 3 heterocycles.